The van der Waals surface area contributed by atoms with Gasteiger partial charge in [-0.1, -0.05) is 29.3 Å². The average Bonchev–Trinajstić information content (AvgIpc) is 3.50. The number of benzene rings is 1. The molecule has 2 amide bonds. The summed E-state index contributed by atoms with van der Waals surface area (Å²) in [6.45, 7) is 4.18. The van der Waals surface area contributed by atoms with Gasteiger partial charge in [0.25, 0.3) is 0 Å². The SMILES string of the molecule is CC(CN1CCCC1=O)N(CC(N)=O)c1cn(CCCNc2ccc([N+](=O)[O-])c(N)n2)cc1-c1ccc(Cl)cc1Cl. The van der Waals surface area contributed by atoms with Crippen LogP contribution in [0.1, 0.15) is 26.2 Å². The number of nitrogens with one attached hydrogen (secondary N) is 1. The predicted molar refractivity (Wildman–Crippen MR) is 160 cm³/mol. The number of anilines is 3. The summed E-state index contributed by atoms with van der Waals surface area (Å²) in [6.07, 6.45) is 5.91. The Bertz CT molecular complexity index is 1450. The highest BCUT2D eigenvalue weighted by Crippen LogP contribution is 2.38. The van der Waals surface area contributed by atoms with Gasteiger partial charge >= 0.3 is 5.69 Å². The summed E-state index contributed by atoms with van der Waals surface area (Å²) in [7, 11) is 0. The maximum absolute atomic E-state index is 12.3. The van der Waals surface area contributed by atoms with E-state index in [1.54, 1.807) is 12.1 Å². The highest BCUT2D eigenvalue weighted by atomic mass is 35.5. The van der Waals surface area contributed by atoms with Crippen molar-refractivity contribution < 1.29 is 14.5 Å². The average molecular weight is 604 g/mol. The Morgan fingerprint density at radius 3 is 2.66 bits per heavy atom. The van der Waals surface area contributed by atoms with Crippen LogP contribution in [0.25, 0.3) is 11.1 Å². The summed E-state index contributed by atoms with van der Waals surface area (Å²) in [5.74, 6) is -0.109. The lowest BCUT2D eigenvalue weighted by atomic mass is 10.1. The zero-order valence-corrected chi connectivity index (χ0v) is 24.1. The highest BCUT2D eigenvalue weighted by molar-refractivity contribution is 6.36. The predicted octanol–water partition coefficient (Wildman–Crippen LogP) is 4.15. The van der Waals surface area contributed by atoms with Crippen LogP contribution < -0.4 is 21.7 Å². The summed E-state index contributed by atoms with van der Waals surface area (Å²) in [5.41, 5.74) is 13.4. The first-order chi connectivity index (χ1) is 19.5. The number of nitrogens with two attached hydrogens (primary N) is 2. The summed E-state index contributed by atoms with van der Waals surface area (Å²) in [5, 5.41) is 15.1. The molecule has 1 aliphatic heterocycles. The van der Waals surface area contributed by atoms with Crippen LogP contribution in [0.15, 0.2) is 42.7 Å². The van der Waals surface area contributed by atoms with Gasteiger partial charge in [0.1, 0.15) is 5.82 Å². The van der Waals surface area contributed by atoms with Crippen LogP contribution in [0.5, 0.6) is 0 Å². The lowest BCUT2D eigenvalue weighted by molar-refractivity contribution is -0.384. The minimum absolute atomic E-state index is 0.0415. The van der Waals surface area contributed by atoms with Gasteiger partial charge < -0.3 is 31.2 Å². The molecule has 0 radical (unpaired) electrons. The molecular formula is C27H32Cl2N8O4. The van der Waals surface area contributed by atoms with E-state index >= 15 is 0 Å². The molecule has 1 aromatic carbocycles. The number of pyridine rings is 1. The van der Waals surface area contributed by atoms with Crippen LogP contribution in [0.4, 0.5) is 23.0 Å². The van der Waals surface area contributed by atoms with E-state index in [-0.39, 0.29) is 30.0 Å². The van der Waals surface area contributed by atoms with E-state index in [4.69, 9.17) is 34.7 Å². The van der Waals surface area contributed by atoms with Crippen molar-refractivity contribution in [2.45, 2.75) is 38.8 Å². The number of carbonyl (C=O) groups excluding carboxylic acids is 2. The third-order valence-electron chi connectivity index (χ3n) is 6.90. The van der Waals surface area contributed by atoms with Gasteiger partial charge in [0.15, 0.2) is 0 Å². The second-order valence-electron chi connectivity index (χ2n) is 9.94. The van der Waals surface area contributed by atoms with Gasteiger partial charge in [0.05, 0.1) is 22.2 Å². The molecule has 0 aliphatic carbocycles. The Morgan fingerprint density at radius 1 is 1.24 bits per heavy atom. The maximum atomic E-state index is 12.3. The van der Waals surface area contributed by atoms with Crippen molar-refractivity contribution in [2.24, 2.45) is 5.73 Å². The molecule has 0 spiro atoms. The number of aryl methyl sites for hydroxylation is 1. The summed E-state index contributed by atoms with van der Waals surface area (Å²) < 4.78 is 2.00. The molecule has 1 fully saturated rings. The molecule has 0 saturated carbocycles. The summed E-state index contributed by atoms with van der Waals surface area (Å²) >= 11 is 12.8. The summed E-state index contributed by atoms with van der Waals surface area (Å²) in [4.78, 5) is 42.6. The first-order valence-corrected chi connectivity index (χ1v) is 13.9. The topological polar surface area (TPSA) is 166 Å². The van der Waals surface area contributed by atoms with Crippen LogP contribution in [0, 0.1) is 10.1 Å². The molecule has 14 heteroatoms. The molecule has 12 nitrogen and oxygen atoms in total. The Kier molecular flexibility index (Phi) is 9.56. The van der Waals surface area contributed by atoms with Crippen molar-refractivity contribution in [3.05, 3.63) is 62.9 Å². The van der Waals surface area contributed by atoms with Crippen molar-refractivity contribution in [1.82, 2.24) is 14.5 Å². The quantitative estimate of drug-likeness (QED) is 0.149. The third-order valence-corrected chi connectivity index (χ3v) is 7.45. The zero-order valence-electron chi connectivity index (χ0n) is 22.6. The second-order valence-corrected chi connectivity index (χ2v) is 10.8. The van der Waals surface area contributed by atoms with Crippen molar-refractivity contribution in [3.63, 3.8) is 0 Å². The zero-order chi connectivity index (χ0) is 29.7. The number of nitro groups is 1. The highest BCUT2D eigenvalue weighted by Gasteiger charge is 2.28. The molecule has 1 atom stereocenters. The fourth-order valence-electron chi connectivity index (χ4n) is 4.93. The van der Waals surface area contributed by atoms with E-state index in [1.165, 1.54) is 12.1 Å². The van der Waals surface area contributed by atoms with Crippen LogP contribution in [0.2, 0.25) is 10.0 Å². The Morgan fingerprint density at radius 2 is 2.02 bits per heavy atom. The molecular weight excluding hydrogens is 571 g/mol. The molecule has 3 aromatic rings. The van der Waals surface area contributed by atoms with E-state index in [0.717, 1.165) is 23.2 Å². The minimum Gasteiger partial charge on any atom is -0.378 e. The van der Waals surface area contributed by atoms with Crippen molar-refractivity contribution >= 4 is 58.0 Å². The molecule has 0 bridgehead atoms. The second kappa shape index (κ2) is 13.1. The first kappa shape index (κ1) is 29.9. The number of primary amides is 1. The number of halogens is 2. The Balaban J connectivity index is 1.57. The number of hydrogen-bond acceptors (Lipinski definition) is 8. The lowest BCUT2D eigenvalue weighted by Crippen LogP contribution is -2.46. The number of carbonyl (C=O) groups is 2. The number of aromatic nitrogens is 2. The van der Waals surface area contributed by atoms with Crippen LogP contribution in [-0.2, 0) is 16.1 Å². The standard InChI is InChI=1S/C27H32Cl2N8O4/c1-17(13-35-11-2-4-26(35)39)36(16-24(30)38)23-15-34(14-20(23)19-6-5-18(28)12-21(19)29)10-3-9-32-25-8-7-22(37(40)41)27(31)33-25/h5-8,12,14-15,17H,2-4,9-11,13,16H2,1H3,(H2,30,38)(H3,31,32,33). The van der Waals surface area contributed by atoms with E-state index < -0.39 is 10.8 Å². The van der Waals surface area contributed by atoms with Crippen molar-refractivity contribution in [3.8, 4) is 11.1 Å². The molecule has 1 saturated heterocycles. The molecule has 4 rings (SSSR count). The number of amides is 2. The fourth-order valence-corrected chi connectivity index (χ4v) is 5.44. The van der Waals surface area contributed by atoms with E-state index in [1.807, 2.05) is 39.8 Å². The fraction of sp³-hybridized carbons (Fsp3) is 0.370. The molecule has 218 valence electrons. The largest absolute Gasteiger partial charge is 0.378 e. The lowest BCUT2D eigenvalue weighted by Gasteiger charge is -2.33. The van der Waals surface area contributed by atoms with Gasteiger partial charge in [-0.2, -0.15) is 0 Å². The normalized spacial score (nSPS) is 13.8. The van der Waals surface area contributed by atoms with E-state index in [9.17, 15) is 19.7 Å². The maximum Gasteiger partial charge on any atom is 0.311 e. The Hall–Kier alpha value is -4.03. The molecule has 2 aromatic heterocycles. The molecule has 5 N–H and O–H groups in total. The van der Waals surface area contributed by atoms with Gasteiger partial charge in [-0.15, -0.1) is 0 Å². The van der Waals surface area contributed by atoms with Gasteiger partial charge in [-0.05, 0) is 38.0 Å². The van der Waals surface area contributed by atoms with Gasteiger partial charge in [-0.25, -0.2) is 4.98 Å². The molecule has 1 unspecified atom stereocenters. The van der Waals surface area contributed by atoms with E-state index in [2.05, 4.69) is 10.3 Å². The number of likely N-dealkylation sites (tertiary alicyclic amines) is 1. The summed E-state index contributed by atoms with van der Waals surface area (Å²) in [6, 6.07) is 7.87. The number of nitrogens with zero attached hydrogens (tertiary/aromatic N) is 5. The molecule has 41 heavy (non-hydrogen) atoms. The number of rotatable bonds is 13. The van der Waals surface area contributed by atoms with Crippen LogP contribution >= 0.6 is 23.2 Å². The van der Waals surface area contributed by atoms with Gasteiger partial charge in [0.2, 0.25) is 17.6 Å². The van der Waals surface area contributed by atoms with Crippen LogP contribution in [-0.4, -0.2) is 63.4 Å². The number of hydrogen-bond donors (Lipinski definition) is 3. The Labute approximate surface area is 247 Å². The van der Waals surface area contributed by atoms with Crippen molar-refractivity contribution in [2.75, 3.05) is 42.1 Å². The number of nitrogen functional groups attached to an aromatic ring is 1. The van der Waals surface area contributed by atoms with Gasteiger partial charge in [-0.3, -0.25) is 19.7 Å². The first-order valence-electron chi connectivity index (χ1n) is 13.2. The third kappa shape index (κ3) is 7.39. The molecule has 3 heterocycles. The van der Waals surface area contributed by atoms with Crippen LogP contribution in [0.3, 0.4) is 0 Å². The monoisotopic (exact) mass is 602 g/mol. The van der Waals surface area contributed by atoms with Gasteiger partial charge in [0, 0.05) is 73.3 Å². The molecule has 1 aliphatic rings. The smallest absolute Gasteiger partial charge is 0.311 e. The minimum atomic E-state index is -0.578. The van der Waals surface area contributed by atoms with E-state index in [0.29, 0.717) is 54.9 Å². The van der Waals surface area contributed by atoms with Crippen molar-refractivity contribution in [1.29, 1.82) is 0 Å².